The molecule has 124 valence electrons. The first kappa shape index (κ1) is 15.1. The topological polar surface area (TPSA) is 73.7 Å². The Hall–Kier alpha value is -1.48. The first-order valence-corrected chi connectivity index (χ1v) is 9.13. The van der Waals surface area contributed by atoms with Crippen LogP contribution in [0.5, 0.6) is 0 Å². The minimum atomic E-state index is -3.52. The summed E-state index contributed by atoms with van der Waals surface area (Å²) in [6.45, 7) is 1.98. The molecule has 0 amide bonds. The highest BCUT2D eigenvalue weighted by atomic mass is 32.2. The summed E-state index contributed by atoms with van der Waals surface area (Å²) in [6.07, 6.45) is 2.82. The van der Waals surface area contributed by atoms with Crippen LogP contribution in [0.1, 0.15) is 12.8 Å². The Kier molecular flexibility index (Phi) is 3.45. The standard InChI is InChI=1S/C15H19N3O4S/c1-17-11-16-13-10-12(2-3-14(13)17)23(19,20)18-6-4-15(5-7-18)21-8-9-22-15/h2-3,10-11H,4-9H2,1H3. The molecule has 1 aromatic heterocycles. The third-order valence-corrected chi connectivity index (χ3v) is 6.53. The predicted octanol–water partition coefficient (Wildman–Crippen LogP) is 1.10. The molecule has 2 aromatic rings. The van der Waals surface area contributed by atoms with Crippen LogP contribution in [0, 0.1) is 0 Å². The van der Waals surface area contributed by atoms with Crippen LogP contribution in [0.25, 0.3) is 11.0 Å². The molecule has 8 heteroatoms. The Morgan fingerprint density at radius 1 is 1.17 bits per heavy atom. The normalized spacial score (nSPS) is 22.1. The van der Waals surface area contributed by atoms with Crippen molar-refractivity contribution in [2.24, 2.45) is 7.05 Å². The summed E-state index contributed by atoms with van der Waals surface area (Å²) < 4.78 is 40.4. The maximum Gasteiger partial charge on any atom is 0.243 e. The van der Waals surface area contributed by atoms with Crippen LogP contribution < -0.4 is 0 Å². The fraction of sp³-hybridized carbons (Fsp3) is 0.533. The van der Waals surface area contributed by atoms with Crippen LogP contribution in [0.4, 0.5) is 0 Å². The number of imidazole rings is 1. The summed E-state index contributed by atoms with van der Waals surface area (Å²) in [7, 11) is -1.63. The molecular weight excluding hydrogens is 318 g/mol. The Bertz CT molecular complexity index is 830. The van der Waals surface area contributed by atoms with Crippen molar-refractivity contribution in [3.05, 3.63) is 24.5 Å². The number of fused-ring (bicyclic) bond motifs is 1. The molecule has 2 aliphatic rings. The zero-order valence-corrected chi connectivity index (χ0v) is 13.8. The second kappa shape index (κ2) is 5.27. The lowest BCUT2D eigenvalue weighted by atomic mass is 10.1. The van der Waals surface area contributed by atoms with Gasteiger partial charge >= 0.3 is 0 Å². The van der Waals surface area contributed by atoms with Crippen molar-refractivity contribution >= 4 is 21.1 Å². The number of hydrogen-bond acceptors (Lipinski definition) is 5. The summed E-state index contributed by atoms with van der Waals surface area (Å²) in [5, 5.41) is 0. The number of aryl methyl sites for hydroxylation is 1. The highest BCUT2D eigenvalue weighted by molar-refractivity contribution is 7.89. The van der Waals surface area contributed by atoms with E-state index in [1.54, 1.807) is 24.5 Å². The molecule has 0 atom stereocenters. The summed E-state index contributed by atoms with van der Waals surface area (Å²) in [6, 6.07) is 5.08. The third-order valence-electron chi connectivity index (χ3n) is 4.63. The van der Waals surface area contributed by atoms with Crippen molar-refractivity contribution in [3.63, 3.8) is 0 Å². The van der Waals surface area contributed by atoms with Gasteiger partial charge in [0.15, 0.2) is 5.79 Å². The van der Waals surface area contributed by atoms with E-state index in [-0.39, 0.29) is 4.90 Å². The van der Waals surface area contributed by atoms with Gasteiger partial charge in [-0.2, -0.15) is 4.31 Å². The maximum absolute atomic E-state index is 12.9. The van der Waals surface area contributed by atoms with E-state index in [0.717, 1.165) is 5.52 Å². The van der Waals surface area contributed by atoms with Gasteiger partial charge in [0.25, 0.3) is 0 Å². The van der Waals surface area contributed by atoms with Crippen molar-refractivity contribution in [1.82, 2.24) is 13.9 Å². The minimum Gasteiger partial charge on any atom is -0.347 e. The van der Waals surface area contributed by atoms with Gasteiger partial charge in [0.1, 0.15) is 0 Å². The molecule has 0 unspecified atom stereocenters. The van der Waals surface area contributed by atoms with Crippen molar-refractivity contribution in [3.8, 4) is 0 Å². The average molecular weight is 337 g/mol. The number of hydrogen-bond donors (Lipinski definition) is 0. The number of nitrogens with zero attached hydrogens (tertiary/aromatic N) is 3. The van der Waals surface area contributed by atoms with Gasteiger partial charge in [0.05, 0.1) is 35.5 Å². The Morgan fingerprint density at radius 2 is 1.87 bits per heavy atom. The highest BCUT2D eigenvalue weighted by Crippen LogP contribution is 2.33. The fourth-order valence-electron chi connectivity index (χ4n) is 3.28. The van der Waals surface area contributed by atoms with Crippen LogP contribution >= 0.6 is 0 Å². The zero-order chi connectivity index (χ0) is 16.1. The summed E-state index contributed by atoms with van der Waals surface area (Å²) in [5.41, 5.74) is 1.60. The number of sulfonamides is 1. The molecule has 23 heavy (non-hydrogen) atoms. The molecule has 0 radical (unpaired) electrons. The molecule has 0 bridgehead atoms. The van der Waals surface area contributed by atoms with Crippen LogP contribution in [-0.4, -0.2) is 54.4 Å². The summed E-state index contributed by atoms with van der Waals surface area (Å²) in [5.74, 6) is -0.572. The SMILES string of the molecule is Cn1cnc2cc(S(=O)(=O)N3CCC4(CC3)OCCO4)ccc21. The van der Waals surface area contributed by atoms with E-state index in [1.165, 1.54) is 4.31 Å². The van der Waals surface area contributed by atoms with Crippen LogP contribution in [0.3, 0.4) is 0 Å². The van der Waals surface area contributed by atoms with Gasteiger partial charge in [-0.25, -0.2) is 13.4 Å². The molecule has 1 spiro atoms. The predicted molar refractivity (Wildman–Crippen MR) is 83.3 cm³/mol. The first-order chi connectivity index (χ1) is 11.0. The van der Waals surface area contributed by atoms with Crippen LogP contribution in [-0.2, 0) is 26.5 Å². The number of rotatable bonds is 2. The number of benzene rings is 1. The summed E-state index contributed by atoms with van der Waals surface area (Å²) >= 11 is 0. The quantitative estimate of drug-likeness (QED) is 0.820. The molecule has 4 rings (SSSR count). The number of ether oxygens (including phenoxy) is 2. The smallest absolute Gasteiger partial charge is 0.243 e. The van der Waals surface area contributed by atoms with Crippen molar-refractivity contribution < 1.29 is 17.9 Å². The van der Waals surface area contributed by atoms with Gasteiger partial charge in [-0.1, -0.05) is 0 Å². The van der Waals surface area contributed by atoms with Gasteiger partial charge in [0.2, 0.25) is 10.0 Å². The van der Waals surface area contributed by atoms with E-state index in [1.807, 2.05) is 11.6 Å². The molecule has 0 N–H and O–H groups in total. The van der Waals surface area contributed by atoms with Crippen molar-refractivity contribution in [2.45, 2.75) is 23.5 Å². The Morgan fingerprint density at radius 3 is 2.57 bits per heavy atom. The van der Waals surface area contributed by atoms with Gasteiger partial charge in [-0.05, 0) is 18.2 Å². The molecule has 1 aromatic carbocycles. The number of piperidine rings is 1. The maximum atomic E-state index is 12.9. The van der Waals surface area contributed by atoms with E-state index < -0.39 is 15.8 Å². The zero-order valence-electron chi connectivity index (χ0n) is 12.9. The van der Waals surface area contributed by atoms with Crippen LogP contribution in [0.15, 0.2) is 29.4 Å². The number of aromatic nitrogens is 2. The minimum absolute atomic E-state index is 0.285. The largest absolute Gasteiger partial charge is 0.347 e. The molecule has 2 aliphatic heterocycles. The Labute approximate surface area is 134 Å². The van der Waals surface area contributed by atoms with Gasteiger partial charge in [-0.15, -0.1) is 0 Å². The lowest BCUT2D eigenvalue weighted by Gasteiger charge is -2.36. The Balaban J connectivity index is 1.59. The highest BCUT2D eigenvalue weighted by Gasteiger charge is 2.42. The van der Waals surface area contributed by atoms with E-state index >= 15 is 0 Å². The van der Waals surface area contributed by atoms with E-state index in [9.17, 15) is 8.42 Å². The van der Waals surface area contributed by atoms with E-state index in [0.29, 0.717) is 44.7 Å². The fourth-order valence-corrected chi connectivity index (χ4v) is 4.74. The third kappa shape index (κ3) is 2.46. The summed E-state index contributed by atoms with van der Waals surface area (Å²) in [4.78, 5) is 4.52. The van der Waals surface area contributed by atoms with Crippen LogP contribution in [0.2, 0.25) is 0 Å². The van der Waals surface area contributed by atoms with Crippen molar-refractivity contribution in [1.29, 1.82) is 0 Å². The van der Waals surface area contributed by atoms with Gasteiger partial charge in [-0.3, -0.25) is 0 Å². The molecule has 0 saturated carbocycles. The van der Waals surface area contributed by atoms with Gasteiger partial charge in [0, 0.05) is 33.0 Å². The van der Waals surface area contributed by atoms with E-state index in [2.05, 4.69) is 4.98 Å². The van der Waals surface area contributed by atoms with Gasteiger partial charge < -0.3 is 14.0 Å². The lowest BCUT2D eigenvalue weighted by Crippen LogP contribution is -2.47. The molecule has 2 saturated heterocycles. The molecule has 3 heterocycles. The molecule has 2 fully saturated rings. The van der Waals surface area contributed by atoms with Crippen molar-refractivity contribution in [2.75, 3.05) is 26.3 Å². The molecule has 0 aliphatic carbocycles. The lowest BCUT2D eigenvalue weighted by molar-refractivity contribution is -0.179. The molecular formula is C15H19N3O4S. The first-order valence-electron chi connectivity index (χ1n) is 7.69. The molecule has 7 nitrogen and oxygen atoms in total. The second-order valence-electron chi connectivity index (χ2n) is 6.02. The second-order valence-corrected chi connectivity index (χ2v) is 7.96. The monoisotopic (exact) mass is 337 g/mol. The average Bonchev–Trinajstić information content (AvgIpc) is 3.15. The van der Waals surface area contributed by atoms with E-state index in [4.69, 9.17) is 9.47 Å².